The van der Waals surface area contributed by atoms with Gasteiger partial charge in [-0.15, -0.1) is 0 Å². The van der Waals surface area contributed by atoms with E-state index in [9.17, 15) is 4.79 Å². The van der Waals surface area contributed by atoms with Gasteiger partial charge in [-0.25, -0.2) is 0 Å². The van der Waals surface area contributed by atoms with Gasteiger partial charge in [0.05, 0.1) is 0 Å². The Bertz CT molecular complexity index is 346. The summed E-state index contributed by atoms with van der Waals surface area (Å²) in [6.07, 6.45) is 6.61. The topological polar surface area (TPSA) is 58.4 Å². The largest absolute Gasteiger partial charge is 0.353 e. The second kappa shape index (κ2) is 7.10. The number of carbonyl (C=O) groups excluding carboxylic acids is 1. The molecular weight excluding hydrogens is 262 g/mol. The summed E-state index contributed by atoms with van der Waals surface area (Å²) < 4.78 is 0. The van der Waals surface area contributed by atoms with Crippen LogP contribution in [-0.4, -0.2) is 42.5 Å². The van der Waals surface area contributed by atoms with E-state index in [0.717, 1.165) is 31.8 Å². The van der Waals surface area contributed by atoms with Gasteiger partial charge in [0.15, 0.2) is 0 Å². The molecule has 1 aliphatic heterocycles. The SMILES string of the molecule is CC(C)(C)C1CCCN(C(CN)CC(=O)NC2CC2)CC1. The molecular formula is C17H33N3O. The van der Waals surface area contributed by atoms with Gasteiger partial charge in [0.25, 0.3) is 0 Å². The van der Waals surface area contributed by atoms with Crippen molar-refractivity contribution in [1.29, 1.82) is 0 Å². The van der Waals surface area contributed by atoms with Gasteiger partial charge in [-0.05, 0) is 56.5 Å². The number of nitrogens with one attached hydrogen (secondary N) is 1. The fourth-order valence-corrected chi connectivity index (χ4v) is 3.44. The van der Waals surface area contributed by atoms with Crippen molar-refractivity contribution in [2.45, 2.75) is 71.4 Å². The summed E-state index contributed by atoms with van der Waals surface area (Å²) in [5.41, 5.74) is 6.33. The average molecular weight is 295 g/mol. The summed E-state index contributed by atoms with van der Waals surface area (Å²) in [5, 5.41) is 3.09. The van der Waals surface area contributed by atoms with Crippen LogP contribution in [0.5, 0.6) is 0 Å². The molecule has 1 aliphatic carbocycles. The van der Waals surface area contributed by atoms with Crippen LogP contribution < -0.4 is 11.1 Å². The minimum Gasteiger partial charge on any atom is -0.353 e. The highest BCUT2D eigenvalue weighted by Gasteiger charge is 2.30. The molecule has 2 unspecified atom stereocenters. The van der Waals surface area contributed by atoms with Crippen molar-refractivity contribution in [1.82, 2.24) is 10.2 Å². The second-order valence-electron chi connectivity index (χ2n) is 7.97. The van der Waals surface area contributed by atoms with Crippen molar-refractivity contribution in [3.8, 4) is 0 Å². The van der Waals surface area contributed by atoms with Crippen molar-refractivity contribution in [2.75, 3.05) is 19.6 Å². The van der Waals surface area contributed by atoms with Crippen LogP contribution in [0.2, 0.25) is 0 Å². The molecule has 0 aromatic heterocycles. The normalized spacial score (nSPS) is 26.2. The van der Waals surface area contributed by atoms with Gasteiger partial charge in [-0.2, -0.15) is 0 Å². The van der Waals surface area contributed by atoms with Gasteiger partial charge in [0.2, 0.25) is 5.91 Å². The van der Waals surface area contributed by atoms with Crippen LogP contribution in [0.1, 0.15) is 59.3 Å². The maximum atomic E-state index is 12.0. The third kappa shape index (κ3) is 5.26. The zero-order valence-electron chi connectivity index (χ0n) is 14.0. The minimum atomic E-state index is 0.185. The Hall–Kier alpha value is -0.610. The molecule has 21 heavy (non-hydrogen) atoms. The zero-order valence-corrected chi connectivity index (χ0v) is 14.0. The molecule has 122 valence electrons. The maximum absolute atomic E-state index is 12.0. The summed E-state index contributed by atoms with van der Waals surface area (Å²) in [5.74, 6) is 0.964. The summed E-state index contributed by atoms with van der Waals surface area (Å²) in [7, 11) is 0. The lowest BCUT2D eigenvalue weighted by Crippen LogP contribution is -2.44. The molecule has 4 nitrogen and oxygen atoms in total. The Morgan fingerprint density at radius 1 is 1.24 bits per heavy atom. The Labute approximate surface area is 129 Å². The monoisotopic (exact) mass is 295 g/mol. The summed E-state index contributed by atoms with van der Waals surface area (Å²) in [6, 6.07) is 0.660. The molecule has 1 saturated heterocycles. The Kier molecular flexibility index (Phi) is 5.67. The first kappa shape index (κ1) is 16.8. The smallest absolute Gasteiger partial charge is 0.221 e. The van der Waals surface area contributed by atoms with Gasteiger partial charge in [-0.1, -0.05) is 20.8 Å². The van der Waals surface area contributed by atoms with Crippen LogP contribution in [0, 0.1) is 11.3 Å². The van der Waals surface area contributed by atoms with Crippen LogP contribution in [0.4, 0.5) is 0 Å². The Morgan fingerprint density at radius 2 is 1.95 bits per heavy atom. The van der Waals surface area contributed by atoms with E-state index in [-0.39, 0.29) is 11.9 Å². The fourth-order valence-electron chi connectivity index (χ4n) is 3.44. The number of amides is 1. The number of hydrogen-bond donors (Lipinski definition) is 2. The molecule has 2 rings (SSSR count). The van der Waals surface area contributed by atoms with Crippen molar-refractivity contribution in [3.63, 3.8) is 0 Å². The Balaban J connectivity index is 1.84. The summed E-state index contributed by atoms with van der Waals surface area (Å²) in [6.45, 7) is 9.79. The molecule has 0 aromatic carbocycles. The van der Waals surface area contributed by atoms with E-state index in [1.54, 1.807) is 0 Å². The number of nitrogens with zero attached hydrogens (tertiary/aromatic N) is 1. The lowest BCUT2D eigenvalue weighted by Gasteiger charge is -2.31. The maximum Gasteiger partial charge on any atom is 0.221 e. The van der Waals surface area contributed by atoms with Crippen molar-refractivity contribution < 1.29 is 4.79 Å². The molecule has 1 saturated carbocycles. The van der Waals surface area contributed by atoms with Gasteiger partial charge in [0.1, 0.15) is 0 Å². The first-order valence-corrected chi connectivity index (χ1v) is 8.63. The van der Waals surface area contributed by atoms with Crippen molar-refractivity contribution in [3.05, 3.63) is 0 Å². The number of likely N-dealkylation sites (tertiary alicyclic amines) is 1. The third-order valence-electron chi connectivity index (χ3n) is 5.14. The van der Waals surface area contributed by atoms with E-state index in [2.05, 4.69) is 31.0 Å². The zero-order chi connectivity index (χ0) is 15.5. The van der Waals surface area contributed by atoms with Crippen molar-refractivity contribution >= 4 is 5.91 Å². The van der Waals surface area contributed by atoms with E-state index in [1.807, 2.05) is 0 Å². The summed E-state index contributed by atoms with van der Waals surface area (Å²) >= 11 is 0. The van der Waals surface area contributed by atoms with Gasteiger partial charge in [0, 0.05) is 25.0 Å². The van der Waals surface area contributed by atoms with E-state index >= 15 is 0 Å². The molecule has 0 spiro atoms. The highest BCUT2D eigenvalue weighted by molar-refractivity contribution is 5.77. The predicted octanol–water partition coefficient (Wildman–Crippen LogP) is 2.13. The van der Waals surface area contributed by atoms with Crippen LogP contribution >= 0.6 is 0 Å². The highest BCUT2D eigenvalue weighted by Crippen LogP contribution is 2.34. The molecule has 1 amide bonds. The van der Waals surface area contributed by atoms with E-state index in [0.29, 0.717) is 24.4 Å². The van der Waals surface area contributed by atoms with Crippen LogP contribution in [0.3, 0.4) is 0 Å². The molecule has 2 fully saturated rings. The molecule has 2 atom stereocenters. The number of rotatable bonds is 5. The predicted molar refractivity (Wildman–Crippen MR) is 87.0 cm³/mol. The van der Waals surface area contributed by atoms with Gasteiger partial charge < -0.3 is 11.1 Å². The van der Waals surface area contributed by atoms with E-state index in [1.165, 1.54) is 19.3 Å². The van der Waals surface area contributed by atoms with Gasteiger partial charge >= 0.3 is 0 Å². The number of nitrogens with two attached hydrogens (primary N) is 1. The molecule has 0 radical (unpaired) electrons. The highest BCUT2D eigenvalue weighted by atomic mass is 16.1. The first-order chi connectivity index (χ1) is 9.90. The van der Waals surface area contributed by atoms with E-state index < -0.39 is 0 Å². The number of carbonyl (C=O) groups is 1. The van der Waals surface area contributed by atoms with Crippen LogP contribution in [0.25, 0.3) is 0 Å². The summed E-state index contributed by atoms with van der Waals surface area (Å²) in [4.78, 5) is 14.5. The lowest BCUT2D eigenvalue weighted by atomic mass is 9.77. The number of hydrogen-bond acceptors (Lipinski definition) is 3. The molecule has 0 bridgehead atoms. The fraction of sp³-hybridized carbons (Fsp3) is 0.941. The molecule has 3 N–H and O–H groups in total. The van der Waals surface area contributed by atoms with Crippen LogP contribution in [-0.2, 0) is 4.79 Å². The average Bonchev–Trinajstić information content (AvgIpc) is 3.20. The molecule has 0 aromatic rings. The molecule has 1 heterocycles. The van der Waals surface area contributed by atoms with Crippen LogP contribution in [0.15, 0.2) is 0 Å². The minimum absolute atomic E-state index is 0.185. The lowest BCUT2D eigenvalue weighted by molar-refractivity contribution is -0.122. The van der Waals surface area contributed by atoms with E-state index in [4.69, 9.17) is 5.73 Å². The molecule has 2 aliphatic rings. The third-order valence-corrected chi connectivity index (χ3v) is 5.14. The quantitative estimate of drug-likeness (QED) is 0.817. The van der Waals surface area contributed by atoms with Gasteiger partial charge in [-0.3, -0.25) is 9.69 Å². The van der Waals surface area contributed by atoms with Crippen molar-refractivity contribution in [2.24, 2.45) is 17.1 Å². The first-order valence-electron chi connectivity index (χ1n) is 8.63. The second-order valence-corrected chi connectivity index (χ2v) is 7.97. The standard InChI is InChI=1S/C17H33N3O/c1-17(2,3)13-5-4-9-20(10-8-13)15(12-18)11-16(21)19-14-6-7-14/h13-15H,4-12,18H2,1-3H3,(H,19,21). The molecule has 4 heteroatoms. The Morgan fingerprint density at radius 3 is 2.52 bits per heavy atom.